The lowest BCUT2D eigenvalue weighted by Gasteiger charge is -2.19. The first-order valence-electron chi connectivity index (χ1n) is 9.59. The quantitative estimate of drug-likeness (QED) is 0.340. The van der Waals surface area contributed by atoms with Gasteiger partial charge in [0.25, 0.3) is 0 Å². The molecule has 0 atom stereocenters. The van der Waals surface area contributed by atoms with E-state index in [1.165, 1.54) is 20.2 Å². The van der Waals surface area contributed by atoms with Crippen LogP contribution in [0.1, 0.15) is 33.3 Å². The summed E-state index contributed by atoms with van der Waals surface area (Å²) in [6.07, 6.45) is 0. The van der Waals surface area contributed by atoms with Gasteiger partial charge in [0.05, 0.1) is 10.9 Å². The van der Waals surface area contributed by atoms with E-state index in [1.54, 1.807) is 0 Å². The highest BCUT2D eigenvalue weighted by Crippen LogP contribution is 2.32. The SMILES string of the molecule is CC(C)(C)c1ccc([S+](c2ccccc2)c2ccccc2)cc1.CC(F)(F)S(=O)(=O)[O-]. The van der Waals surface area contributed by atoms with E-state index >= 15 is 0 Å². The molecule has 3 rings (SSSR count). The summed E-state index contributed by atoms with van der Waals surface area (Å²) in [4.78, 5) is 4.10. The average molecular weight is 465 g/mol. The van der Waals surface area contributed by atoms with Crippen molar-refractivity contribution in [2.24, 2.45) is 0 Å². The second-order valence-corrected chi connectivity index (χ2v) is 11.6. The van der Waals surface area contributed by atoms with Crippen molar-refractivity contribution in [3.63, 3.8) is 0 Å². The molecule has 0 spiro atoms. The summed E-state index contributed by atoms with van der Waals surface area (Å²) >= 11 is 0. The fourth-order valence-electron chi connectivity index (χ4n) is 2.61. The minimum Gasteiger partial charge on any atom is -0.743 e. The van der Waals surface area contributed by atoms with Gasteiger partial charge in [-0.15, -0.1) is 0 Å². The third kappa shape index (κ3) is 7.16. The van der Waals surface area contributed by atoms with Gasteiger partial charge in [-0.25, -0.2) is 8.42 Å². The molecule has 0 fully saturated rings. The van der Waals surface area contributed by atoms with Crippen molar-refractivity contribution >= 4 is 21.0 Å². The Labute approximate surface area is 186 Å². The second kappa shape index (κ2) is 9.94. The van der Waals surface area contributed by atoms with Crippen LogP contribution in [0.4, 0.5) is 8.78 Å². The maximum absolute atomic E-state index is 11.3. The summed E-state index contributed by atoms with van der Waals surface area (Å²) in [7, 11) is -5.47. The molecule has 31 heavy (non-hydrogen) atoms. The normalized spacial score (nSPS) is 12.3. The van der Waals surface area contributed by atoms with Crippen LogP contribution in [-0.4, -0.2) is 18.2 Å². The molecule has 0 amide bonds. The minimum absolute atomic E-state index is 0.0370. The number of hydrogen-bond acceptors (Lipinski definition) is 3. The molecule has 0 radical (unpaired) electrons. The van der Waals surface area contributed by atoms with Crippen LogP contribution >= 0.6 is 0 Å². The van der Waals surface area contributed by atoms with Crippen LogP contribution in [0.2, 0.25) is 0 Å². The van der Waals surface area contributed by atoms with Gasteiger partial charge in [-0.05, 0) is 47.4 Å². The number of rotatable bonds is 4. The van der Waals surface area contributed by atoms with Gasteiger partial charge in [-0.3, -0.25) is 0 Å². The molecule has 3 nitrogen and oxygen atoms in total. The zero-order valence-electron chi connectivity index (χ0n) is 17.9. The highest BCUT2D eigenvalue weighted by atomic mass is 32.2. The molecule has 166 valence electrons. The number of hydrogen-bond donors (Lipinski definition) is 0. The van der Waals surface area contributed by atoms with E-state index in [0.717, 1.165) is 0 Å². The summed E-state index contributed by atoms with van der Waals surface area (Å²) in [5.74, 6) is 0. The predicted octanol–water partition coefficient (Wildman–Crippen LogP) is 6.22. The summed E-state index contributed by atoms with van der Waals surface area (Å²) in [6, 6.07) is 30.7. The number of benzene rings is 3. The van der Waals surface area contributed by atoms with Gasteiger partial charge in [0.1, 0.15) is 0 Å². The van der Waals surface area contributed by atoms with E-state index < -0.39 is 15.4 Å². The summed E-state index contributed by atoms with van der Waals surface area (Å²) in [5.41, 5.74) is 1.57. The van der Waals surface area contributed by atoms with Gasteiger partial charge < -0.3 is 4.55 Å². The van der Waals surface area contributed by atoms with Gasteiger partial charge >= 0.3 is 5.25 Å². The Kier molecular flexibility index (Phi) is 8.03. The molecule has 7 heteroatoms. The summed E-state index contributed by atoms with van der Waals surface area (Å²) in [5, 5.41) is -4.15. The van der Waals surface area contributed by atoms with Crippen molar-refractivity contribution in [3.05, 3.63) is 90.5 Å². The van der Waals surface area contributed by atoms with E-state index in [1.807, 2.05) is 0 Å². The Morgan fingerprint density at radius 1 is 0.677 bits per heavy atom. The minimum atomic E-state index is -5.42. The largest absolute Gasteiger partial charge is 0.743 e. The average Bonchev–Trinajstić information content (AvgIpc) is 2.69. The van der Waals surface area contributed by atoms with Crippen LogP contribution < -0.4 is 0 Å². The van der Waals surface area contributed by atoms with Crippen LogP contribution in [0.5, 0.6) is 0 Å². The Hall–Kier alpha value is -2.22. The first-order valence-corrected chi connectivity index (χ1v) is 12.2. The third-order valence-corrected chi connectivity index (χ3v) is 7.46. The molecular weight excluding hydrogens is 438 g/mol. The molecule has 0 aliphatic heterocycles. The zero-order valence-corrected chi connectivity index (χ0v) is 19.5. The molecule has 0 aromatic heterocycles. The topological polar surface area (TPSA) is 57.2 Å². The van der Waals surface area contributed by atoms with E-state index in [-0.39, 0.29) is 23.2 Å². The number of halogens is 2. The fourth-order valence-corrected chi connectivity index (χ4v) is 4.70. The van der Waals surface area contributed by atoms with Crippen molar-refractivity contribution in [1.29, 1.82) is 0 Å². The molecule has 0 N–H and O–H groups in total. The highest BCUT2D eigenvalue weighted by Gasteiger charge is 2.30. The smallest absolute Gasteiger partial charge is 0.331 e. The van der Waals surface area contributed by atoms with E-state index in [0.29, 0.717) is 0 Å². The fraction of sp³-hybridized carbons (Fsp3) is 0.250. The lowest BCUT2D eigenvalue weighted by atomic mass is 9.87. The standard InChI is InChI=1S/C22H23S.C2H4F2O3S/c1-22(2,3)18-14-16-21(17-15-18)23(19-10-6-4-7-11-19)20-12-8-5-9-13-20;1-2(3,4)8(5,6)7/h4-17H,1-3H3;1H3,(H,5,6,7)/q+1;/p-1. The lowest BCUT2D eigenvalue weighted by Crippen LogP contribution is -2.23. The van der Waals surface area contributed by atoms with Crippen molar-refractivity contribution in [3.8, 4) is 0 Å². The third-order valence-electron chi connectivity index (χ3n) is 4.35. The van der Waals surface area contributed by atoms with Gasteiger partial charge in [0, 0.05) is 6.92 Å². The van der Waals surface area contributed by atoms with Crippen molar-refractivity contribution in [2.45, 2.75) is 53.1 Å². The first-order chi connectivity index (χ1) is 14.3. The zero-order chi connectivity index (χ0) is 23.3. The Morgan fingerprint density at radius 3 is 1.29 bits per heavy atom. The van der Waals surface area contributed by atoms with Crippen LogP contribution in [0.15, 0.2) is 99.6 Å². The van der Waals surface area contributed by atoms with Crippen molar-refractivity contribution in [2.75, 3.05) is 0 Å². The summed E-state index contributed by atoms with van der Waals surface area (Å²) < 4.78 is 50.7. The Bertz CT molecular complexity index is 1020. The van der Waals surface area contributed by atoms with Gasteiger partial charge in [0.15, 0.2) is 24.8 Å². The van der Waals surface area contributed by atoms with Crippen LogP contribution in [0.25, 0.3) is 0 Å². The van der Waals surface area contributed by atoms with E-state index in [4.69, 9.17) is 0 Å². The molecule has 0 unspecified atom stereocenters. The molecule has 0 aliphatic carbocycles. The van der Waals surface area contributed by atoms with Crippen LogP contribution in [0, 0.1) is 0 Å². The summed E-state index contributed by atoms with van der Waals surface area (Å²) in [6.45, 7) is 6.82. The van der Waals surface area contributed by atoms with Crippen molar-refractivity contribution < 1.29 is 21.8 Å². The molecule has 0 aliphatic rings. The molecule has 0 saturated carbocycles. The van der Waals surface area contributed by atoms with Crippen LogP contribution in [0.3, 0.4) is 0 Å². The maximum Gasteiger partial charge on any atom is 0.331 e. The second-order valence-electron chi connectivity index (χ2n) is 7.97. The maximum atomic E-state index is 11.3. The predicted molar refractivity (Wildman–Crippen MR) is 121 cm³/mol. The Balaban J connectivity index is 0.000000366. The molecule has 0 bridgehead atoms. The highest BCUT2D eigenvalue weighted by molar-refractivity contribution is 7.97. The van der Waals surface area contributed by atoms with Gasteiger partial charge in [-0.1, -0.05) is 69.3 Å². The van der Waals surface area contributed by atoms with Crippen LogP contribution in [-0.2, 0) is 26.4 Å². The first kappa shape index (κ1) is 25.0. The van der Waals surface area contributed by atoms with Crippen molar-refractivity contribution in [1.82, 2.24) is 0 Å². The van der Waals surface area contributed by atoms with Gasteiger partial charge in [-0.2, -0.15) is 8.78 Å². The molecule has 3 aromatic carbocycles. The monoisotopic (exact) mass is 464 g/mol. The Morgan fingerprint density at radius 2 is 1.00 bits per heavy atom. The molecule has 0 heterocycles. The molecule has 3 aromatic rings. The number of alkyl halides is 2. The van der Waals surface area contributed by atoms with E-state index in [9.17, 15) is 21.8 Å². The lowest BCUT2D eigenvalue weighted by molar-refractivity contribution is 0.100. The molecular formula is C24H26F2O3S2. The molecule has 0 saturated heterocycles. The van der Waals surface area contributed by atoms with Gasteiger partial charge in [0.2, 0.25) is 0 Å². The van der Waals surface area contributed by atoms with E-state index in [2.05, 4.69) is 106 Å².